The number of ketones is 1. The maximum absolute atomic E-state index is 11.8. The van der Waals surface area contributed by atoms with Crippen LogP contribution in [0.25, 0.3) is 0 Å². The van der Waals surface area contributed by atoms with Gasteiger partial charge in [0.25, 0.3) is 0 Å². The molecule has 1 unspecified atom stereocenters. The lowest BCUT2D eigenvalue weighted by Crippen LogP contribution is -2.41. The average molecular weight is 277 g/mol. The van der Waals surface area contributed by atoms with E-state index < -0.39 is 12.0 Å². The number of rotatable bonds is 7. The summed E-state index contributed by atoms with van der Waals surface area (Å²) in [4.78, 5) is 33.9. The first kappa shape index (κ1) is 15.9. The molecule has 0 saturated heterocycles. The number of benzene rings is 1. The molecule has 0 aromatic heterocycles. The van der Waals surface area contributed by atoms with Crippen molar-refractivity contribution in [2.24, 2.45) is 0 Å². The van der Waals surface area contributed by atoms with Crippen molar-refractivity contribution in [1.82, 2.24) is 5.32 Å². The second-order valence-electron chi connectivity index (χ2n) is 4.68. The predicted octanol–water partition coefficient (Wildman–Crippen LogP) is 1.80. The quantitative estimate of drug-likeness (QED) is 0.744. The van der Waals surface area contributed by atoms with Crippen molar-refractivity contribution in [2.45, 2.75) is 39.2 Å². The Balaban J connectivity index is 2.61. The van der Waals surface area contributed by atoms with Crippen LogP contribution in [0.2, 0.25) is 0 Å². The molecule has 0 aliphatic rings. The molecule has 108 valence electrons. The fraction of sp³-hybridized carbons (Fsp3) is 0.400. The van der Waals surface area contributed by atoms with Crippen LogP contribution in [0.5, 0.6) is 0 Å². The molecular weight excluding hydrogens is 258 g/mol. The fourth-order valence-electron chi connectivity index (χ4n) is 1.83. The first-order valence-corrected chi connectivity index (χ1v) is 6.56. The van der Waals surface area contributed by atoms with Crippen molar-refractivity contribution >= 4 is 17.7 Å². The van der Waals surface area contributed by atoms with Crippen molar-refractivity contribution in [3.63, 3.8) is 0 Å². The summed E-state index contributed by atoms with van der Waals surface area (Å²) in [5, 5.41) is 11.5. The van der Waals surface area contributed by atoms with Gasteiger partial charge in [-0.3, -0.25) is 9.59 Å². The molecular formula is C15H19NO4. The standard InChI is InChI=1S/C15H19NO4/c1-3-4-13(15(19)20)16-14(18)9-11-5-7-12(8-6-11)10(2)17/h5-8,13H,3-4,9H2,1-2H3,(H,16,18)(H,19,20). The summed E-state index contributed by atoms with van der Waals surface area (Å²) in [6, 6.07) is 5.87. The third-order valence-electron chi connectivity index (χ3n) is 2.94. The summed E-state index contributed by atoms with van der Waals surface area (Å²) in [7, 11) is 0. The van der Waals surface area contributed by atoms with Gasteiger partial charge in [0.15, 0.2) is 5.78 Å². The average Bonchev–Trinajstić information content (AvgIpc) is 2.38. The molecule has 1 amide bonds. The van der Waals surface area contributed by atoms with Gasteiger partial charge >= 0.3 is 5.97 Å². The Bertz CT molecular complexity index is 493. The molecule has 0 fully saturated rings. The molecule has 1 rings (SSSR count). The number of hydrogen-bond donors (Lipinski definition) is 2. The number of carboxylic acid groups (broad SMARTS) is 1. The summed E-state index contributed by atoms with van der Waals surface area (Å²) in [5.74, 6) is -1.39. The number of aliphatic carboxylic acids is 1. The van der Waals surface area contributed by atoms with Crippen LogP contribution < -0.4 is 5.32 Å². The molecule has 0 saturated carbocycles. The van der Waals surface area contributed by atoms with Gasteiger partial charge in [0, 0.05) is 5.56 Å². The highest BCUT2D eigenvalue weighted by atomic mass is 16.4. The largest absolute Gasteiger partial charge is 0.480 e. The molecule has 1 atom stereocenters. The number of hydrogen-bond acceptors (Lipinski definition) is 3. The maximum Gasteiger partial charge on any atom is 0.326 e. The molecule has 0 spiro atoms. The van der Waals surface area contributed by atoms with Crippen molar-refractivity contribution < 1.29 is 19.5 Å². The van der Waals surface area contributed by atoms with Crippen LogP contribution in [0.3, 0.4) is 0 Å². The molecule has 0 aliphatic carbocycles. The minimum Gasteiger partial charge on any atom is -0.480 e. The Kier molecular flexibility index (Phi) is 5.90. The smallest absolute Gasteiger partial charge is 0.326 e. The van der Waals surface area contributed by atoms with Crippen molar-refractivity contribution in [1.29, 1.82) is 0 Å². The van der Waals surface area contributed by atoms with Gasteiger partial charge in [-0.05, 0) is 18.9 Å². The van der Waals surface area contributed by atoms with E-state index in [1.807, 2.05) is 6.92 Å². The van der Waals surface area contributed by atoms with Gasteiger partial charge in [-0.2, -0.15) is 0 Å². The minimum absolute atomic E-state index is 0.0325. The van der Waals surface area contributed by atoms with E-state index in [1.165, 1.54) is 6.92 Å². The van der Waals surface area contributed by atoms with Crippen molar-refractivity contribution in [3.05, 3.63) is 35.4 Å². The van der Waals surface area contributed by atoms with Crippen LogP contribution in [0.1, 0.15) is 42.6 Å². The first-order valence-electron chi connectivity index (χ1n) is 6.56. The molecule has 0 radical (unpaired) electrons. The number of Topliss-reactive ketones (excluding diaryl/α,β-unsaturated/α-hetero) is 1. The molecule has 0 heterocycles. The van der Waals surface area contributed by atoms with E-state index >= 15 is 0 Å². The minimum atomic E-state index is -1.02. The Morgan fingerprint density at radius 1 is 1.20 bits per heavy atom. The van der Waals surface area contributed by atoms with Crippen LogP contribution in [0, 0.1) is 0 Å². The van der Waals surface area contributed by atoms with E-state index in [1.54, 1.807) is 24.3 Å². The monoisotopic (exact) mass is 277 g/mol. The Labute approximate surface area is 118 Å². The summed E-state index contributed by atoms with van der Waals surface area (Å²) >= 11 is 0. The lowest BCUT2D eigenvalue weighted by molar-refractivity contribution is -0.141. The van der Waals surface area contributed by atoms with Gasteiger partial charge in [-0.25, -0.2) is 4.79 Å². The van der Waals surface area contributed by atoms with Gasteiger partial charge in [0.1, 0.15) is 6.04 Å². The molecule has 5 nitrogen and oxygen atoms in total. The van der Waals surface area contributed by atoms with E-state index in [9.17, 15) is 14.4 Å². The molecule has 0 aliphatic heterocycles. The first-order chi connectivity index (χ1) is 9.43. The normalized spacial score (nSPS) is 11.7. The Morgan fingerprint density at radius 3 is 2.25 bits per heavy atom. The zero-order chi connectivity index (χ0) is 15.1. The third kappa shape index (κ3) is 4.84. The van der Waals surface area contributed by atoms with E-state index in [-0.39, 0.29) is 18.1 Å². The lowest BCUT2D eigenvalue weighted by Gasteiger charge is -2.13. The van der Waals surface area contributed by atoms with Crippen LogP contribution in [-0.4, -0.2) is 28.8 Å². The number of carboxylic acids is 1. The highest BCUT2D eigenvalue weighted by molar-refractivity contribution is 5.94. The van der Waals surface area contributed by atoms with Gasteiger partial charge in [-0.15, -0.1) is 0 Å². The van der Waals surface area contributed by atoms with Crippen molar-refractivity contribution in [3.8, 4) is 0 Å². The van der Waals surface area contributed by atoms with Gasteiger partial charge in [0.2, 0.25) is 5.91 Å². The number of carbonyl (C=O) groups excluding carboxylic acids is 2. The molecule has 1 aromatic carbocycles. The van der Waals surface area contributed by atoms with E-state index in [2.05, 4.69) is 5.32 Å². The summed E-state index contributed by atoms with van der Waals surface area (Å²) < 4.78 is 0. The molecule has 2 N–H and O–H groups in total. The maximum atomic E-state index is 11.8. The van der Waals surface area contributed by atoms with Crippen LogP contribution >= 0.6 is 0 Å². The molecule has 1 aromatic rings. The Morgan fingerprint density at radius 2 is 1.80 bits per heavy atom. The van der Waals surface area contributed by atoms with Crippen molar-refractivity contribution in [2.75, 3.05) is 0 Å². The SMILES string of the molecule is CCCC(NC(=O)Cc1ccc(C(C)=O)cc1)C(=O)O. The highest BCUT2D eigenvalue weighted by Crippen LogP contribution is 2.06. The van der Waals surface area contributed by atoms with Gasteiger partial charge in [0.05, 0.1) is 6.42 Å². The van der Waals surface area contributed by atoms with Crippen LogP contribution in [-0.2, 0) is 16.0 Å². The highest BCUT2D eigenvalue weighted by Gasteiger charge is 2.18. The van der Waals surface area contributed by atoms with Crippen LogP contribution in [0.15, 0.2) is 24.3 Å². The van der Waals surface area contributed by atoms with Gasteiger partial charge in [-0.1, -0.05) is 37.6 Å². The van der Waals surface area contributed by atoms with E-state index in [0.717, 1.165) is 5.56 Å². The topological polar surface area (TPSA) is 83.5 Å². The van der Waals surface area contributed by atoms with Crippen LogP contribution in [0.4, 0.5) is 0 Å². The molecule has 20 heavy (non-hydrogen) atoms. The van der Waals surface area contributed by atoms with Gasteiger partial charge < -0.3 is 10.4 Å². The molecule has 0 bridgehead atoms. The summed E-state index contributed by atoms with van der Waals surface area (Å²) in [6.07, 6.45) is 1.20. The van der Waals surface area contributed by atoms with E-state index in [4.69, 9.17) is 5.11 Å². The number of carbonyl (C=O) groups is 3. The second-order valence-corrected chi connectivity index (χ2v) is 4.68. The Hall–Kier alpha value is -2.17. The lowest BCUT2D eigenvalue weighted by atomic mass is 10.1. The number of nitrogens with one attached hydrogen (secondary N) is 1. The third-order valence-corrected chi connectivity index (χ3v) is 2.94. The zero-order valence-corrected chi connectivity index (χ0v) is 11.7. The molecule has 5 heteroatoms. The summed E-state index contributed by atoms with van der Waals surface area (Å²) in [6.45, 7) is 3.34. The zero-order valence-electron chi connectivity index (χ0n) is 11.7. The van der Waals surface area contributed by atoms with E-state index in [0.29, 0.717) is 18.4 Å². The predicted molar refractivity (Wildman–Crippen MR) is 74.6 cm³/mol. The summed E-state index contributed by atoms with van der Waals surface area (Å²) in [5.41, 5.74) is 1.33. The second kappa shape index (κ2) is 7.43. The fourth-order valence-corrected chi connectivity index (χ4v) is 1.83. The number of amides is 1.